The Kier molecular flexibility index (Phi) is 2.53. The predicted molar refractivity (Wildman–Crippen MR) is 78.0 cm³/mol. The highest BCUT2D eigenvalue weighted by molar-refractivity contribution is 6.00. The van der Waals surface area contributed by atoms with Crippen LogP contribution in [0.3, 0.4) is 0 Å². The number of rotatable bonds is 2. The topological polar surface area (TPSA) is 55.1 Å². The van der Waals surface area contributed by atoms with Crippen LogP contribution in [0.5, 0.6) is 0 Å². The summed E-state index contributed by atoms with van der Waals surface area (Å²) in [5.74, 6) is 0.400. The van der Waals surface area contributed by atoms with E-state index >= 15 is 0 Å². The van der Waals surface area contributed by atoms with Crippen molar-refractivity contribution < 1.29 is 4.39 Å². The third-order valence-corrected chi connectivity index (χ3v) is 3.27. The van der Waals surface area contributed by atoms with Crippen LogP contribution in [0.1, 0.15) is 0 Å². The van der Waals surface area contributed by atoms with Crippen molar-refractivity contribution in [1.82, 2.24) is 19.8 Å². The summed E-state index contributed by atoms with van der Waals surface area (Å²) in [6, 6.07) is 14.0. The van der Waals surface area contributed by atoms with E-state index in [-0.39, 0.29) is 5.82 Å². The molecule has 0 radical (unpaired) electrons. The first-order chi connectivity index (χ1) is 10.3. The molecule has 2 aromatic heterocycles. The van der Waals surface area contributed by atoms with Gasteiger partial charge in [0.15, 0.2) is 11.5 Å². The van der Waals surface area contributed by atoms with Crippen LogP contribution in [0, 0.1) is 5.82 Å². The Morgan fingerprint density at radius 3 is 2.52 bits per heavy atom. The van der Waals surface area contributed by atoms with Gasteiger partial charge in [0.05, 0.1) is 0 Å². The van der Waals surface area contributed by atoms with Crippen molar-refractivity contribution in [3.05, 3.63) is 60.7 Å². The minimum absolute atomic E-state index is 0.271. The minimum Gasteiger partial charge on any atom is -0.338 e. The van der Waals surface area contributed by atoms with E-state index in [4.69, 9.17) is 0 Å². The molecular weight excluding hydrogens is 269 g/mol. The second-order valence-electron chi connectivity index (χ2n) is 4.63. The number of nitrogens with zero attached hydrogens (tertiary/aromatic N) is 4. The Labute approximate surface area is 119 Å². The Morgan fingerprint density at radius 2 is 1.71 bits per heavy atom. The maximum Gasteiger partial charge on any atom is 0.185 e. The Bertz CT molecular complexity index is 930. The molecule has 102 valence electrons. The molecule has 0 spiro atoms. The Hall–Kier alpha value is -3.02. The first-order valence-electron chi connectivity index (χ1n) is 6.42. The van der Waals surface area contributed by atoms with Gasteiger partial charge in [-0.1, -0.05) is 24.3 Å². The van der Waals surface area contributed by atoms with Crippen molar-refractivity contribution in [2.75, 3.05) is 5.32 Å². The van der Waals surface area contributed by atoms with Gasteiger partial charge in [-0.2, -0.15) is 4.52 Å². The second kappa shape index (κ2) is 4.52. The van der Waals surface area contributed by atoms with Gasteiger partial charge in [-0.25, -0.2) is 4.39 Å². The molecule has 5 nitrogen and oxygen atoms in total. The Morgan fingerprint density at radius 1 is 0.952 bits per heavy atom. The lowest BCUT2D eigenvalue weighted by Crippen LogP contribution is -2.00. The third kappa shape index (κ3) is 1.97. The molecule has 0 aliphatic rings. The molecule has 6 heteroatoms. The molecule has 4 rings (SSSR count). The fourth-order valence-corrected chi connectivity index (χ4v) is 2.29. The maximum absolute atomic E-state index is 13.0. The zero-order chi connectivity index (χ0) is 14.2. The molecule has 0 saturated carbocycles. The molecule has 2 aromatic carbocycles. The molecule has 0 aliphatic carbocycles. The van der Waals surface area contributed by atoms with E-state index in [9.17, 15) is 4.39 Å². The summed E-state index contributed by atoms with van der Waals surface area (Å²) in [6.07, 6.45) is 1.55. The van der Waals surface area contributed by atoms with E-state index < -0.39 is 0 Å². The molecule has 1 N–H and O–H groups in total. The monoisotopic (exact) mass is 279 g/mol. The summed E-state index contributed by atoms with van der Waals surface area (Å²) in [6.45, 7) is 0. The fraction of sp³-hybridized carbons (Fsp3) is 0. The van der Waals surface area contributed by atoms with Gasteiger partial charge >= 0.3 is 0 Å². The number of benzene rings is 2. The summed E-state index contributed by atoms with van der Waals surface area (Å²) >= 11 is 0. The number of halogens is 1. The molecule has 4 aromatic rings. The lowest BCUT2D eigenvalue weighted by molar-refractivity contribution is 0.628. The first-order valence-corrected chi connectivity index (χ1v) is 6.42. The first kappa shape index (κ1) is 11.8. The van der Waals surface area contributed by atoms with Crippen molar-refractivity contribution in [2.45, 2.75) is 0 Å². The number of aromatic nitrogens is 4. The largest absolute Gasteiger partial charge is 0.338 e. The van der Waals surface area contributed by atoms with E-state index in [1.807, 2.05) is 24.3 Å². The van der Waals surface area contributed by atoms with E-state index in [1.165, 1.54) is 12.1 Å². The standard InChI is InChI=1S/C15H10FN5/c16-10-5-7-11(8-6-10)18-14-12-3-1-2-4-13(12)15-19-17-9-21(15)20-14/h1-9H,(H,18,20). The van der Waals surface area contributed by atoms with Gasteiger partial charge in [0.2, 0.25) is 0 Å². The van der Waals surface area contributed by atoms with Crippen LogP contribution in [0.15, 0.2) is 54.9 Å². The van der Waals surface area contributed by atoms with Gasteiger partial charge < -0.3 is 5.32 Å². The number of hydrogen-bond acceptors (Lipinski definition) is 4. The highest BCUT2D eigenvalue weighted by atomic mass is 19.1. The summed E-state index contributed by atoms with van der Waals surface area (Å²) in [5.41, 5.74) is 1.47. The van der Waals surface area contributed by atoms with Gasteiger partial charge in [-0.05, 0) is 24.3 Å². The minimum atomic E-state index is -0.271. The molecule has 21 heavy (non-hydrogen) atoms. The van der Waals surface area contributed by atoms with E-state index in [2.05, 4.69) is 20.6 Å². The van der Waals surface area contributed by atoms with Crippen LogP contribution in [0.4, 0.5) is 15.9 Å². The van der Waals surface area contributed by atoms with Gasteiger partial charge in [0.25, 0.3) is 0 Å². The molecule has 0 fully saturated rings. The smallest absolute Gasteiger partial charge is 0.185 e. The number of nitrogens with one attached hydrogen (secondary N) is 1. The number of anilines is 2. The molecule has 0 unspecified atom stereocenters. The predicted octanol–water partition coefficient (Wildman–Crippen LogP) is 3.16. The highest BCUT2D eigenvalue weighted by Crippen LogP contribution is 2.26. The fourth-order valence-electron chi connectivity index (χ4n) is 2.29. The summed E-state index contributed by atoms with van der Waals surface area (Å²) < 4.78 is 14.6. The zero-order valence-corrected chi connectivity index (χ0v) is 10.9. The summed E-state index contributed by atoms with van der Waals surface area (Å²) in [4.78, 5) is 0. The van der Waals surface area contributed by atoms with Crippen molar-refractivity contribution in [3.63, 3.8) is 0 Å². The Balaban J connectivity index is 1.91. The molecule has 0 atom stereocenters. The lowest BCUT2D eigenvalue weighted by atomic mass is 10.2. The van der Waals surface area contributed by atoms with Crippen molar-refractivity contribution in [1.29, 1.82) is 0 Å². The molecular formula is C15H10FN5. The van der Waals surface area contributed by atoms with E-state index in [0.29, 0.717) is 11.5 Å². The van der Waals surface area contributed by atoms with Crippen LogP contribution >= 0.6 is 0 Å². The van der Waals surface area contributed by atoms with Crippen molar-refractivity contribution >= 4 is 27.9 Å². The highest BCUT2D eigenvalue weighted by Gasteiger charge is 2.09. The average molecular weight is 279 g/mol. The van der Waals surface area contributed by atoms with Crippen LogP contribution in [0.2, 0.25) is 0 Å². The van der Waals surface area contributed by atoms with Gasteiger partial charge in [0, 0.05) is 16.5 Å². The molecule has 2 heterocycles. The summed E-state index contributed by atoms with van der Waals surface area (Å²) in [7, 11) is 0. The third-order valence-electron chi connectivity index (χ3n) is 3.27. The zero-order valence-electron chi connectivity index (χ0n) is 10.9. The normalized spacial score (nSPS) is 11.1. The average Bonchev–Trinajstić information content (AvgIpc) is 2.98. The molecule has 0 amide bonds. The second-order valence-corrected chi connectivity index (χ2v) is 4.63. The maximum atomic E-state index is 13.0. The summed E-state index contributed by atoms with van der Waals surface area (Å²) in [5, 5.41) is 17.5. The van der Waals surface area contributed by atoms with Crippen LogP contribution < -0.4 is 5.32 Å². The van der Waals surface area contributed by atoms with E-state index in [1.54, 1.807) is 23.0 Å². The molecule has 0 aliphatic heterocycles. The van der Waals surface area contributed by atoms with E-state index in [0.717, 1.165) is 16.5 Å². The van der Waals surface area contributed by atoms with Crippen LogP contribution in [-0.4, -0.2) is 19.8 Å². The molecule has 0 saturated heterocycles. The quantitative estimate of drug-likeness (QED) is 0.612. The van der Waals surface area contributed by atoms with Crippen LogP contribution in [0.25, 0.3) is 16.4 Å². The van der Waals surface area contributed by atoms with Gasteiger partial charge in [-0.3, -0.25) is 0 Å². The number of fused-ring (bicyclic) bond motifs is 3. The lowest BCUT2D eigenvalue weighted by Gasteiger charge is -2.09. The van der Waals surface area contributed by atoms with Gasteiger partial charge in [0.1, 0.15) is 12.1 Å². The van der Waals surface area contributed by atoms with Crippen molar-refractivity contribution in [2.24, 2.45) is 0 Å². The van der Waals surface area contributed by atoms with Gasteiger partial charge in [-0.15, -0.1) is 15.3 Å². The van der Waals surface area contributed by atoms with Crippen molar-refractivity contribution in [3.8, 4) is 0 Å². The molecule has 0 bridgehead atoms. The number of hydrogen-bond donors (Lipinski definition) is 1. The SMILES string of the molecule is Fc1ccc(Nc2nn3cnnc3c3ccccc23)cc1. The van der Waals surface area contributed by atoms with Crippen LogP contribution in [-0.2, 0) is 0 Å².